The largest absolute Gasteiger partial charge is 0.474 e. The van der Waals surface area contributed by atoms with Crippen molar-refractivity contribution in [2.75, 3.05) is 0 Å². The van der Waals surface area contributed by atoms with Gasteiger partial charge < -0.3 is 4.74 Å². The second-order valence-electron chi connectivity index (χ2n) is 4.65. The maximum Gasteiger partial charge on any atom is 0.213 e. The van der Waals surface area contributed by atoms with E-state index < -0.39 is 0 Å². The second kappa shape index (κ2) is 5.53. The lowest BCUT2D eigenvalue weighted by Crippen LogP contribution is -2.24. The summed E-state index contributed by atoms with van der Waals surface area (Å²) >= 11 is 5.78. The van der Waals surface area contributed by atoms with Crippen molar-refractivity contribution in [3.8, 4) is 5.88 Å². The smallest absolute Gasteiger partial charge is 0.213 e. The fraction of sp³-hybridized carbons (Fsp3) is 0.615. The van der Waals surface area contributed by atoms with Gasteiger partial charge in [-0.15, -0.1) is 11.6 Å². The molecule has 2 rings (SSSR count). The summed E-state index contributed by atoms with van der Waals surface area (Å²) in [5.41, 5.74) is 1.07. The molecule has 1 heterocycles. The molecule has 2 atom stereocenters. The molecule has 2 unspecified atom stereocenters. The minimum Gasteiger partial charge on any atom is -0.474 e. The van der Waals surface area contributed by atoms with Gasteiger partial charge in [-0.1, -0.05) is 13.3 Å². The van der Waals surface area contributed by atoms with Gasteiger partial charge in [0.05, 0.1) is 0 Å². The zero-order valence-corrected chi connectivity index (χ0v) is 10.4. The topological polar surface area (TPSA) is 22.1 Å². The van der Waals surface area contributed by atoms with Crippen molar-refractivity contribution in [2.24, 2.45) is 5.92 Å². The van der Waals surface area contributed by atoms with Crippen molar-refractivity contribution >= 4 is 11.6 Å². The number of aromatic nitrogens is 1. The number of pyridine rings is 1. The first kappa shape index (κ1) is 11.7. The van der Waals surface area contributed by atoms with E-state index in [1.807, 2.05) is 12.1 Å². The van der Waals surface area contributed by atoms with Crippen molar-refractivity contribution in [2.45, 2.75) is 44.6 Å². The van der Waals surface area contributed by atoms with Gasteiger partial charge >= 0.3 is 0 Å². The number of halogens is 1. The van der Waals surface area contributed by atoms with Crippen molar-refractivity contribution < 1.29 is 4.74 Å². The monoisotopic (exact) mass is 239 g/mol. The van der Waals surface area contributed by atoms with Crippen LogP contribution in [0.4, 0.5) is 0 Å². The molecule has 0 saturated heterocycles. The maximum absolute atomic E-state index is 5.90. The molecule has 0 bridgehead atoms. The van der Waals surface area contributed by atoms with Gasteiger partial charge in [0, 0.05) is 18.1 Å². The van der Waals surface area contributed by atoms with Gasteiger partial charge in [0.2, 0.25) is 5.88 Å². The van der Waals surface area contributed by atoms with Crippen LogP contribution in [0.1, 0.15) is 38.2 Å². The standard InChI is InChI=1S/C13H18ClNO/c1-10-3-2-4-12(7-10)16-13-8-11(9-14)5-6-15-13/h5-6,8,10,12H,2-4,7,9H2,1H3. The predicted molar refractivity (Wildman–Crippen MR) is 65.8 cm³/mol. The van der Waals surface area contributed by atoms with Crippen LogP contribution < -0.4 is 4.74 Å². The highest BCUT2D eigenvalue weighted by Crippen LogP contribution is 2.26. The predicted octanol–water partition coefficient (Wildman–Crippen LogP) is 3.78. The minimum absolute atomic E-state index is 0.335. The first-order valence-electron chi connectivity index (χ1n) is 5.95. The molecule has 16 heavy (non-hydrogen) atoms. The molecule has 1 saturated carbocycles. The maximum atomic E-state index is 5.90. The summed E-state index contributed by atoms with van der Waals surface area (Å²) in [4.78, 5) is 4.23. The molecule has 0 N–H and O–H groups in total. The van der Waals surface area contributed by atoms with Crippen LogP contribution in [0.2, 0.25) is 0 Å². The van der Waals surface area contributed by atoms with E-state index in [1.165, 1.54) is 12.8 Å². The Bertz CT molecular complexity index is 342. The molecule has 0 aliphatic heterocycles. The Morgan fingerprint density at radius 1 is 1.50 bits per heavy atom. The van der Waals surface area contributed by atoms with Gasteiger partial charge in [-0.3, -0.25) is 0 Å². The number of nitrogens with zero attached hydrogens (tertiary/aromatic N) is 1. The fourth-order valence-electron chi connectivity index (χ4n) is 2.25. The summed E-state index contributed by atoms with van der Waals surface area (Å²) in [5, 5.41) is 0. The number of alkyl halides is 1. The van der Waals surface area contributed by atoms with Gasteiger partial charge in [0.25, 0.3) is 0 Å². The molecule has 0 amide bonds. The Morgan fingerprint density at radius 3 is 3.12 bits per heavy atom. The van der Waals surface area contributed by atoms with Crippen LogP contribution >= 0.6 is 11.6 Å². The summed E-state index contributed by atoms with van der Waals surface area (Å²) in [6.45, 7) is 2.29. The zero-order valence-electron chi connectivity index (χ0n) is 9.66. The van der Waals surface area contributed by atoms with Crippen molar-refractivity contribution in [1.29, 1.82) is 0 Å². The summed E-state index contributed by atoms with van der Waals surface area (Å²) < 4.78 is 5.90. The average molecular weight is 240 g/mol. The van der Waals surface area contributed by atoms with E-state index in [0.717, 1.165) is 30.2 Å². The first-order valence-corrected chi connectivity index (χ1v) is 6.49. The van der Waals surface area contributed by atoms with Crippen LogP contribution in [0.3, 0.4) is 0 Å². The van der Waals surface area contributed by atoms with E-state index in [1.54, 1.807) is 6.20 Å². The molecule has 0 aromatic carbocycles. The molecule has 1 aliphatic rings. The van der Waals surface area contributed by atoms with E-state index in [2.05, 4.69) is 11.9 Å². The molecule has 3 heteroatoms. The van der Waals surface area contributed by atoms with Crippen molar-refractivity contribution in [3.63, 3.8) is 0 Å². The van der Waals surface area contributed by atoms with E-state index in [0.29, 0.717) is 12.0 Å². The van der Waals surface area contributed by atoms with Crippen molar-refractivity contribution in [3.05, 3.63) is 23.9 Å². The van der Waals surface area contributed by atoms with E-state index in [-0.39, 0.29) is 0 Å². The second-order valence-corrected chi connectivity index (χ2v) is 4.91. The Balaban J connectivity index is 1.97. The van der Waals surface area contributed by atoms with Crippen LogP contribution in [-0.4, -0.2) is 11.1 Å². The summed E-state index contributed by atoms with van der Waals surface area (Å²) in [6.07, 6.45) is 6.99. The highest BCUT2D eigenvalue weighted by molar-refractivity contribution is 6.17. The SMILES string of the molecule is CC1CCCC(Oc2cc(CCl)ccn2)C1. The lowest BCUT2D eigenvalue weighted by atomic mass is 9.89. The normalized spacial score (nSPS) is 25.4. The lowest BCUT2D eigenvalue weighted by molar-refractivity contribution is 0.124. The summed E-state index contributed by atoms with van der Waals surface area (Å²) in [5.74, 6) is 2.01. The third kappa shape index (κ3) is 3.11. The highest BCUT2D eigenvalue weighted by Gasteiger charge is 2.20. The van der Waals surface area contributed by atoms with E-state index in [9.17, 15) is 0 Å². The van der Waals surface area contributed by atoms with Gasteiger partial charge in [0.15, 0.2) is 0 Å². The molecule has 1 aromatic rings. The van der Waals surface area contributed by atoms with Gasteiger partial charge in [-0.25, -0.2) is 4.98 Å². The Hall–Kier alpha value is -0.760. The van der Waals surface area contributed by atoms with Crippen LogP contribution in [0.5, 0.6) is 5.88 Å². The van der Waals surface area contributed by atoms with Gasteiger partial charge in [0.1, 0.15) is 6.10 Å². The number of rotatable bonds is 3. The van der Waals surface area contributed by atoms with E-state index in [4.69, 9.17) is 16.3 Å². The molecule has 1 aromatic heterocycles. The minimum atomic E-state index is 0.335. The van der Waals surface area contributed by atoms with Gasteiger partial charge in [-0.05, 0) is 36.8 Å². The van der Waals surface area contributed by atoms with Crippen molar-refractivity contribution in [1.82, 2.24) is 4.98 Å². The molecular formula is C13H18ClNO. The number of ether oxygens (including phenoxy) is 1. The highest BCUT2D eigenvalue weighted by atomic mass is 35.5. The molecule has 88 valence electrons. The summed E-state index contributed by atoms with van der Waals surface area (Å²) in [6, 6.07) is 3.86. The van der Waals surface area contributed by atoms with E-state index >= 15 is 0 Å². The van der Waals surface area contributed by atoms with Crippen LogP contribution in [-0.2, 0) is 5.88 Å². The molecule has 1 aliphatic carbocycles. The molecule has 2 nitrogen and oxygen atoms in total. The number of hydrogen-bond acceptors (Lipinski definition) is 2. The zero-order chi connectivity index (χ0) is 11.4. The Kier molecular flexibility index (Phi) is 4.05. The van der Waals surface area contributed by atoms with Crippen LogP contribution in [0.15, 0.2) is 18.3 Å². The average Bonchev–Trinajstić information content (AvgIpc) is 2.29. The Morgan fingerprint density at radius 2 is 2.38 bits per heavy atom. The molecule has 0 radical (unpaired) electrons. The third-order valence-electron chi connectivity index (χ3n) is 3.13. The first-order chi connectivity index (χ1) is 7.78. The summed E-state index contributed by atoms with van der Waals surface area (Å²) in [7, 11) is 0. The lowest BCUT2D eigenvalue weighted by Gasteiger charge is -2.26. The fourth-order valence-corrected chi connectivity index (χ4v) is 2.42. The number of hydrogen-bond donors (Lipinski definition) is 0. The van der Waals surface area contributed by atoms with Gasteiger partial charge in [-0.2, -0.15) is 0 Å². The third-order valence-corrected chi connectivity index (χ3v) is 3.44. The van der Waals surface area contributed by atoms with Crippen LogP contribution in [0.25, 0.3) is 0 Å². The van der Waals surface area contributed by atoms with Crippen LogP contribution in [0, 0.1) is 5.92 Å². The molecule has 0 spiro atoms. The Labute approximate surface area is 102 Å². The quantitative estimate of drug-likeness (QED) is 0.749. The molecule has 1 fully saturated rings. The molecular weight excluding hydrogens is 222 g/mol.